The van der Waals surface area contributed by atoms with Crippen LogP contribution < -0.4 is 0 Å². The molecule has 0 aromatic carbocycles. The highest BCUT2D eigenvalue weighted by atomic mass is 14.3. The van der Waals surface area contributed by atoms with Gasteiger partial charge in [-0.3, -0.25) is 0 Å². The van der Waals surface area contributed by atoms with Crippen LogP contribution in [0.25, 0.3) is 0 Å². The van der Waals surface area contributed by atoms with Crippen LogP contribution in [0.15, 0.2) is 0 Å². The lowest BCUT2D eigenvalue weighted by Crippen LogP contribution is -1.91. The van der Waals surface area contributed by atoms with Crippen LogP contribution >= 0.6 is 0 Å². The fraction of sp³-hybridized carbons (Fsp3) is 1.00. The molecule has 0 saturated heterocycles. The molecule has 0 amide bonds. The molecule has 1 saturated carbocycles. The van der Waals surface area contributed by atoms with Gasteiger partial charge in [0.2, 0.25) is 0 Å². The van der Waals surface area contributed by atoms with Crippen molar-refractivity contribution in [2.45, 2.75) is 33.1 Å². The Hall–Kier alpha value is 0. The standard InChI is InChI=1S/C7H14/c1-3-6(2)7-4-5-7/h6-7H,3-5H2,1-2H3/t6-/m0/s1. The van der Waals surface area contributed by atoms with Crippen molar-refractivity contribution < 1.29 is 0 Å². The molecule has 0 bridgehead atoms. The molecule has 0 aromatic heterocycles. The van der Waals surface area contributed by atoms with Gasteiger partial charge in [0.15, 0.2) is 0 Å². The van der Waals surface area contributed by atoms with E-state index in [2.05, 4.69) is 13.8 Å². The Morgan fingerprint density at radius 1 is 1.57 bits per heavy atom. The predicted octanol–water partition coefficient (Wildman–Crippen LogP) is 2.44. The first kappa shape index (κ1) is 5.14. The maximum absolute atomic E-state index is 2.36. The van der Waals surface area contributed by atoms with Gasteiger partial charge in [0.1, 0.15) is 0 Å². The molecular formula is C7H14. The highest BCUT2D eigenvalue weighted by Gasteiger charge is 2.25. The summed E-state index contributed by atoms with van der Waals surface area (Å²) in [4.78, 5) is 0. The topological polar surface area (TPSA) is 0 Å². The summed E-state index contributed by atoms with van der Waals surface area (Å²) in [5, 5.41) is 0. The van der Waals surface area contributed by atoms with Crippen LogP contribution in [0.4, 0.5) is 0 Å². The van der Waals surface area contributed by atoms with E-state index in [1.54, 1.807) is 0 Å². The van der Waals surface area contributed by atoms with E-state index in [1.165, 1.54) is 19.3 Å². The van der Waals surface area contributed by atoms with Crippen LogP contribution in [0.3, 0.4) is 0 Å². The summed E-state index contributed by atoms with van der Waals surface area (Å²) >= 11 is 0. The van der Waals surface area contributed by atoms with Gasteiger partial charge in [-0.1, -0.05) is 20.3 Å². The third-order valence-electron chi connectivity index (χ3n) is 2.07. The van der Waals surface area contributed by atoms with E-state index in [4.69, 9.17) is 0 Å². The third kappa shape index (κ3) is 1.19. The van der Waals surface area contributed by atoms with Gasteiger partial charge in [-0.25, -0.2) is 0 Å². The molecule has 1 atom stereocenters. The third-order valence-corrected chi connectivity index (χ3v) is 2.07. The summed E-state index contributed by atoms with van der Waals surface area (Å²) < 4.78 is 0. The molecular weight excluding hydrogens is 84.1 g/mol. The van der Waals surface area contributed by atoms with E-state index in [-0.39, 0.29) is 0 Å². The maximum Gasteiger partial charge on any atom is -0.0388 e. The average Bonchev–Trinajstić information content (AvgIpc) is 2.44. The van der Waals surface area contributed by atoms with E-state index < -0.39 is 0 Å². The Balaban J connectivity index is 2.10. The first-order valence-corrected chi connectivity index (χ1v) is 3.34. The van der Waals surface area contributed by atoms with Crippen molar-refractivity contribution in [3.63, 3.8) is 0 Å². The van der Waals surface area contributed by atoms with E-state index in [0.717, 1.165) is 11.8 Å². The first-order valence-electron chi connectivity index (χ1n) is 3.34. The zero-order chi connectivity index (χ0) is 5.28. The molecule has 7 heavy (non-hydrogen) atoms. The minimum atomic E-state index is 1.01. The molecule has 0 unspecified atom stereocenters. The van der Waals surface area contributed by atoms with E-state index in [9.17, 15) is 0 Å². The minimum absolute atomic E-state index is 1.01. The lowest BCUT2D eigenvalue weighted by Gasteiger charge is -2.01. The Morgan fingerprint density at radius 3 is 2.29 bits per heavy atom. The smallest absolute Gasteiger partial charge is 0.0388 e. The van der Waals surface area contributed by atoms with Crippen molar-refractivity contribution in [3.05, 3.63) is 0 Å². The van der Waals surface area contributed by atoms with Crippen LogP contribution in [0, 0.1) is 11.8 Å². The number of hydrogen-bond acceptors (Lipinski definition) is 0. The van der Waals surface area contributed by atoms with Gasteiger partial charge in [0.25, 0.3) is 0 Å². The number of rotatable bonds is 2. The monoisotopic (exact) mass is 98.1 g/mol. The summed E-state index contributed by atoms with van der Waals surface area (Å²) in [5.41, 5.74) is 0. The van der Waals surface area contributed by atoms with Gasteiger partial charge in [0, 0.05) is 0 Å². The lowest BCUT2D eigenvalue weighted by molar-refractivity contribution is 0.493. The Morgan fingerprint density at radius 2 is 2.14 bits per heavy atom. The molecule has 0 radical (unpaired) electrons. The molecule has 1 rings (SSSR count). The molecule has 1 fully saturated rings. The Kier molecular flexibility index (Phi) is 1.36. The summed E-state index contributed by atoms with van der Waals surface area (Å²) in [6.07, 6.45) is 4.40. The fourth-order valence-electron chi connectivity index (χ4n) is 0.999. The fourth-order valence-corrected chi connectivity index (χ4v) is 0.999. The summed E-state index contributed by atoms with van der Waals surface area (Å²) in [6.45, 7) is 4.64. The second-order valence-electron chi connectivity index (χ2n) is 2.72. The molecule has 0 N–H and O–H groups in total. The zero-order valence-corrected chi connectivity index (χ0v) is 5.28. The van der Waals surface area contributed by atoms with Crippen LogP contribution in [-0.4, -0.2) is 0 Å². The second-order valence-corrected chi connectivity index (χ2v) is 2.72. The summed E-state index contributed by atoms with van der Waals surface area (Å²) in [7, 11) is 0. The molecule has 0 heteroatoms. The normalized spacial score (nSPS) is 24.9. The van der Waals surface area contributed by atoms with E-state index in [0.29, 0.717) is 0 Å². The maximum atomic E-state index is 2.36. The molecule has 1 aliphatic rings. The quantitative estimate of drug-likeness (QED) is 0.497. The minimum Gasteiger partial charge on any atom is -0.0651 e. The average molecular weight is 98.2 g/mol. The molecule has 0 aromatic rings. The number of hydrogen-bond donors (Lipinski definition) is 0. The Bertz CT molecular complexity index is 53.1. The van der Waals surface area contributed by atoms with Crippen LogP contribution in [0.2, 0.25) is 0 Å². The van der Waals surface area contributed by atoms with Gasteiger partial charge in [0.05, 0.1) is 0 Å². The van der Waals surface area contributed by atoms with Crippen LogP contribution in [-0.2, 0) is 0 Å². The van der Waals surface area contributed by atoms with Gasteiger partial charge in [-0.05, 0) is 24.7 Å². The molecule has 1 aliphatic carbocycles. The van der Waals surface area contributed by atoms with Gasteiger partial charge >= 0.3 is 0 Å². The van der Waals surface area contributed by atoms with Crippen molar-refractivity contribution in [1.82, 2.24) is 0 Å². The molecule has 0 aliphatic heterocycles. The Labute approximate surface area is 45.9 Å². The highest BCUT2D eigenvalue weighted by molar-refractivity contribution is 4.77. The zero-order valence-electron chi connectivity index (χ0n) is 5.28. The molecule has 0 heterocycles. The van der Waals surface area contributed by atoms with Crippen molar-refractivity contribution in [2.75, 3.05) is 0 Å². The second kappa shape index (κ2) is 1.85. The molecule has 0 spiro atoms. The molecule has 0 nitrogen and oxygen atoms in total. The van der Waals surface area contributed by atoms with E-state index in [1.807, 2.05) is 0 Å². The van der Waals surface area contributed by atoms with Gasteiger partial charge in [-0.15, -0.1) is 0 Å². The van der Waals surface area contributed by atoms with Crippen LogP contribution in [0.1, 0.15) is 33.1 Å². The summed E-state index contributed by atoms with van der Waals surface area (Å²) in [5.74, 6) is 2.13. The van der Waals surface area contributed by atoms with Crippen molar-refractivity contribution in [1.29, 1.82) is 0 Å². The first-order chi connectivity index (χ1) is 3.34. The van der Waals surface area contributed by atoms with Crippen molar-refractivity contribution in [3.8, 4) is 0 Å². The summed E-state index contributed by atoms with van der Waals surface area (Å²) in [6, 6.07) is 0. The van der Waals surface area contributed by atoms with Crippen molar-refractivity contribution >= 4 is 0 Å². The van der Waals surface area contributed by atoms with Crippen LogP contribution in [0.5, 0.6) is 0 Å². The van der Waals surface area contributed by atoms with E-state index >= 15 is 0 Å². The molecule has 42 valence electrons. The SMILES string of the molecule is CC[C@H](C)C1CC1. The van der Waals surface area contributed by atoms with Gasteiger partial charge in [-0.2, -0.15) is 0 Å². The van der Waals surface area contributed by atoms with Crippen molar-refractivity contribution in [2.24, 2.45) is 11.8 Å². The lowest BCUT2D eigenvalue weighted by atomic mass is 10.0. The predicted molar refractivity (Wildman–Crippen MR) is 32.2 cm³/mol. The largest absolute Gasteiger partial charge is 0.0651 e. The van der Waals surface area contributed by atoms with Gasteiger partial charge < -0.3 is 0 Å². The highest BCUT2D eigenvalue weighted by Crippen LogP contribution is 2.37.